The van der Waals surface area contributed by atoms with Gasteiger partial charge in [-0.15, -0.1) is 11.2 Å². The summed E-state index contributed by atoms with van der Waals surface area (Å²) >= 11 is 0. The minimum atomic E-state index is -0.156. The van der Waals surface area contributed by atoms with Gasteiger partial charge < -0.3 is 5.11 Å². The molecule has 1 heterocycles. The average Bonchev–Trinajstić information content (AvgIpc) is 3.28. The standard InChI is InChI=1S/C21H24O2.C8H6N3.Pt/c1-12-7-14(3)20(15(4)8-12)18(22)11-19(23)21-16(5)9-13(2)10-17(21)6;1-2-4-8(5-3-1)11-7-6-9-10-11;/h7-11,22H,1-6H3;1-4,6-7H;/q;-1;/b18-11-;;. The molecule has 0 aliphatic carbocycles. The van der Waals surface area contributed by atoms with Crippen LogP contribution in [0.5, 0.6) is 0 Å². The van der Waals surface area contributed by atoms with E-state index >= 15 is 0 Å². The van der Waals surface area contributed by atoms with Crippen molar-refractivity contribution in [1.82, 2.24) is 15.0 Å². The number of carbonyl (C=O) groups is 1. The molecule has 0 aliphatic rings. The van der Waals surface area contributed by atoms with Gasteiger partial charge in [-0.25, -0.2) is 4.68 Å². The largest absolute Gasteiger partial charge is 0.507 e. The van der Waals surface area contributed by atoms with E-state index in [0.29, 0.717) is 5.56 Å². The Morgan fingerprint density at radius 2 is 1.43 bits per heavy atom. The molecule has 4 aromatic rings. The molecule has 0 bridgehead atoms. The number of aryl methyl sites for hydroxylation is 6. The molecular formula is C29H30N3O2Pt-. The Morgan fingerprint density at radius 1 is 0.886 bits per heavy atom. The van der Waals surface area contributed by atoms with Crippen LogP contribution in [0.3, 0.4) is 0 Å². The van der Waals surface area contributed by atoms with Crippen molar-refractivity contribution in [1.29, 1.82) is 0 Å². The van der Waals surface area contributed by atoms with E-state index in [1.165, 1.54) is 6.08 Å². The van der Waals surface area contributed by atoms with E-state index in [9.17, 15) is 9.90 Å². The molecule has 0 saturated heterocycles. The van der Waals surface area contributed by atoms with Crippen LogP contribution in [0.1, 0.15) is 49.3 Å². The van der Waals surface area contributed by atoms with Crippen molar-refractivity contribution in [2.75, 3.05) is 0 Å². The normalized spacial score (nSPS) is 10.7. The van der Waals surface area contributed by atoms with Crippen LogP contribution in [0.25, 0.3) is 11.4 Å². The minimum absolute atomic E-state index is 0. The van der Waals surface area contributed by atoms with Gasteiger partial charge in [0.15, 0.2) is 5.78 Å². The van der Waals surface area contributed by atoms with Gasteiger partial charge in [0, 0.05) is 44.5 Å². The van der Waals surface area contributed by atoms with Crippen molar-refractivity contribution in [2.24, 2.45) is 0 Å². The molecule has 0 spiro atoms. The predicted octanol–water partition coefficient (Wildman–Crippen LogP) is 6.38. The maximum absolute atomic E-state index is 12.6. The molecule has 6 heteroatoms. The Morgan fingerprint density at radius 3 is 1.89 bits per heavy atom. The van der Waals surface area contributed by atoms with Gasteiger partial charge in [-0.1, -0.05) is 40.6 Å². The van der Waals surface area contributed by atoms with Crippen molar-refractivity contribution >= 4 is 11.5 Å². The fourth-order valence-corrected chi connectivity index (χ4v) is 4.28. The van der Waals surface area contributed by atoms with E-state index in [-0.39, 0.29) is 32.6 Å². The van der Waals surface area contributed by atoms with Crippen LogP contribution in [0, 0.1) is 47.6 Å². The van der Waals surface area contributed by atoms with Gasteiger partial charge in [-0.2, -0.15) is 24.3 Å². The van der Waals surface area contributed by atoms with Crippen molar-refractivity contribution in [3.05, 3.63) is 118 Å². The summed E-state index contributed by atoms with van der Waals surface area (Å²) in [5.41, 5.74) is 8.43. The number of ketones is 1. The van der Waals surface area contributed by atoms with Crippen molar-refractivity contribution in [3.63, 3.8) is 0 Å². The van der Waals surface area contributed by atoms with Gasteiger partial charge in [-0.05, 0) is 69.5 Å². The molecule has 0 saturated carbocycles. The van der Waals surface area contributed by atoms with Crippen LogP contribution in [0.2, 0.25) is 0 Å². The molecule has 0 radical (unpaired) electrons. The Hall–Kier alpha value is -3.30. The molecule has 1 N–H and O–H groups in total. The zero-order chi connectivity index (χ0) is 24.8. The summed E-state index contributed by atoms with van der Waals surface area (Å²) < 4.78 is 1.67. The number of para-hydroxylation sites is 1. The number of carbonyl (C=O) groups excluding carboxylic acids is 1. The van der Waals surface area contributed by atoms with Gasteiger partial charge in [0.1, 0.15) is 5.76 Å². The topological polar surface area (TPSA) is 68.0 Å². The summed E-state index contributed by atoms with van der Waals surface area (Å²) in [4.78, 5) is 12.6. The maximum Gasteiger partial charge on any atom is 0.190 e. The van der Waals surface area contributed by atoms with Crippen LogP contribution in [0.4, 0.5) is 0 Å². The summed E-state index contributed by atoms with van der Waals surface area (Å²) in [6, 6.07) is 18.7. The van der Waals surface area contributed by atoms with E-state index < -0.39 is 0 Å². The monoisotopic (exact) mass is 647 g/mol. The zero-order valence-electron chi connectivity index (χ0n) is 20.9. The second-order valence-electron chi connectivity index (χ2n) is 8.54. The van der Waals surface area contributed by atoms with Gasteiger partial charge in [0.25, 0.3) is 0 Å². The summed E-state index contributed by atoms with van der Waals surface area (Å²) in [5.74, 6) is -0.124. The molecular weight excluding hydrogens is 617 g/mol. The fourth-order valence-electron chi connectivity index (χ4n) is 4.28. The van der Waals surface area contributed by atoms with Crippen molar-refractivity contribution in [2.45, 2.75) is 41.5 Å². The molecule has 35 heavy (non-hydrogen) atoms. The van der Waals surface area contributed by atoms with Gasteiger partial charge in [-0.3, -0.25) is 4.79 Å². The number of nitrogens with zero attached hydrogens (tertiary/aromatic N) is 3. The smallest absolute Gasteiger partial charge is 0.190 e. The quantitative estimate of drug-likeness (QED) is 0.121. The number of benzene rings is 3. The fraction of sp³-hybridized carbons (Fsp3) is 0.207. The van der Waals surface area contributed by atoms with Crippen LogP contribution in [0.15, 0.2) is 67.0 Å². The SMILES string of the molecule is Cc1cc(C)c(C(=O)/C=C(\O)c2c(C)cc(C)cc2C)c(C)c1.[Pt].[c-]1ccccc1-n1ccnn1. The summed E-state index contributed by atoms with van der Waals surface area (Å²) in [6.07, 6.45) is 4.77. The van der Waals surface area contributed by atoms with E-state index in [1.54, 1.807) is 17.1 Å². The van der Waals surface area contributed by atoms with E-state index in [1.807, 2.05) is 90.1 Å². The third-order valence-electron chi connectivity index (χ3n) is 5.49. The maximum atomic E-state index is 12.6. The average molecular weight is 648 g/mol. The van der Waals surface area contributed by atoms with Crippen LogP contribution < -0.4 is 0 Å². The van der Waals surface area contributed by atoms with Crippen molar-refractivity contribution in [3.8, 4) is 5.69 Å². The number of rotatable bonds is 4. The molecule has 1 aromatic heterocycles. The van der Waals surface area contributed by atoms with Crippen LogP contribution >= 0.6 is 0 Å². The minimum Gasteiger partial charge on any atom is -0.507 e. The number of allylic oxidation sites excluding steroid dienone is 1. The molecule has 0 unspecified atom stereocenters. The summed E-state index contributed by atoms with van der Waals surface area (Å²) in [7, 11) is 0. The Bertz CT molecular complexity index is 1280. The molecule has 5 nitrogen and oxygen atoms in total. The number of aliphatic hydroxyl groups excluding tert-OH is 1. The third-order valence-corrected chi connectivity index (χ3v) is 5.49. The van der Waals surface area contributed by atoms with E-state index in [0.717, 1.165) is 44.6 Å². The zero-order valence-corrected chi connectivity index (χ0v) is 23.1. The first-order valence-corrected chi connectivity index (χ1v) is 11.1. The van der Waals surface area contributed by atoms with Crippen LogP contribution in [-0.2, 0) is 21.1 Å². The third kappa shape index (κ3) is 7.09. The first-order chi connectivity index (χ1) is 16.2. The van der Waals surface area contributed by atoms with Gasteiger partial charge in [0.2, 0.25) is 0 Å². The Balaban J connectivity index is 0.000000300. The van der Waals surface area contributed by atoms with E-state index in [2.05, 4.69) is 16.4 Å². The second-order valence-corrected chi connectivity index (χ2v) is 8.54. The predicted molar refractivity (Wildman–Crippen MR) is 136 cm³/mol. The van der Waals surface area contributed by atoms with Gasteiger partial charge >= 0.3 is 0 Å². The second kappa shape index (κ2) is 12.4. The summed E-state index contributed by atoms with van der Waals surface area (Å²) in [5, 5.41) is 18.0. The first-order valence-electron chi connectivity index (χ1n) is 11.1. The molecule has 184 valence electrons. The number of hydrogen-bond donors (Lipinski definition) is 1. The van der Waals surface area contributed by atoms with Crippen molar-refractivity contribution < 1.29 is 31.0 Å². The Labute approximate surface area is 221 Å². The van der Waals surface area contributed by atoms with Gasteiger partial charge in [0.05, 0.1) is 6.20 Å². The number of aliphatic hydroxyl groups is 1. The van der Waals surface area contributed by atoms with Crippen LogP contribution in [-0.4, -0.2) is 25.9 Å². The molecule has 0 fully saturated rings. The molecule has 0 atom stereocenters. The van der Waals surface area contributed by atoms with E-state index in [4.69, 9.17) is 0 Å². The molecule has 0 aliphatic heterocycles. The first kappa shape index (κ1) is 27.9. The number of hydrogen-bond acceptors (Lipinski definition) is 4. The molecule has 4 rings (SSSR count). The molecule has 0 amide bonds. The molecule has 3 aromatic carbocycles. The summed E-state index contributed by atoms with van der Waals surface area (Å²) in [6.45, 7) is 11.8. The Kier molecular flexibility index (Phi) is 9.91. The number of aromatic nitrogens is 3.